The molecule has 1 aliphatic rings. The van der Waals surface area contributed by atoms with Gasteiger partial charge in [0, 0.05) is 0 Å². The lowest BCUT2D eigenvalue weighted by Gasteiger charge is -2.19. The maximum absolute atomic E-state index is 11.8. The van der Waals surface area contributed by atoms with Crippen LogP contribution in [0.25, 0.3) is 0 Å². The molecule has 0 aromatic carbocycles. The van der Waals surface area contributed by atoms with Gasteiger partial charge < -0.3 is 0 Å². The number of halogens is 1. The van der Waals surface area contributed by atoms with Crippen molar-refractivity contribution in [1.29, 1.82) is 0 Å². The van der Waals surface area contributed by atoms with E-state index in [4.69, 9.17) is 0 Å². The first kappa shape index (κ1) is 7.04. The molecule has 0 heterocycles. The highest BCUT2D eigenvalue weighted by molar-refractivity contribution is 4.64. The molecule has 1 rings (SSSR count). The fourth-order valence-electron chi connectivity index (χ4n) is 1.63. The van der Waals surface area contributed by atoms with Gasteiger partial charge in [0.2, 0.25) is 0 Å². The highest BCUT2D eigenvalue weighted by atomic mass is 19.1. The Labute approximate surface area is 56.5 Å². The quantitative estimate of drug-likeness (QED) is 0.539. The van der Waals surface area contributed by atoms with Crippen LogP contribution < -0.4 is 0 Å². The van der Waals surface area contributed by atoms with Crippen LogP contribution in [0.3, 0.4) is 0 Å². The highest BCUT2D eigenvalue weighted by Gasteiger charge is 2.11. The largest absolute Gasteiger partial charge is 0.251 e. The van der Waals surface area contributed by atoms with E-state index >= 15 is 0 Å². The molecule has 1 aliphatic carbocycles. The van der Waals surface area contributed by atoms with Crippen LogP contribution in [0.5, 0.6) is 0 Å². The molecule has 54 valence electrons. The average molecular weight is 130 g/mol. The zero-order chi connectivity index (χ0) is 6.53. The summed E-state index contributed by atoms with van der Waals surface area (Å²) in [5, 5.41) is 0. The maximum atomic E-state index is 11.8. The van der Waals surface area contributed by atoms with Crippen molar-refractivity contribution in [1.82, 2.24) is 0 Å². The first-order valence-corrected chi connectivity index (χ1v) is 3.99. The second-order valence-electron chi connectivity index (χ2n) is 2.98. The SMILES string of the molecule is FCCC1CCCCC1. The van der Waals surface area contributed by atoms with E-state index < -0.39 is 0 Å². The summed E-state index contributed by atoms with van der Waals surface area (Å²) in [6.07, 6.45) is 7.44. The summed E-state index contributed by atoms with van der Waals surface area (Å²) in [7, 11) is 0. The molecule has 0 saturated heterocycles. The van der Waals surface area contributed by atoms with Crippen molar-refractivity contribution in [3.8, 4) is 0 Å². The van der Waals surface area contributed by atoms with Crippen molar-refractivity contribution in [3.05, 3.63) is 0 Å². The lowest BCUT2D eigenvalue weighted by molar-refractivity contribution is 0.304. The van der Waals surface area contributed by atoms with Gasteiger partial charge in [-0.2, -0.15) is 0 Å². The van der Waals surface area contributed by atoms with E-state index in [2.05, 4.69) is 0 Å². The van der Waals surface area contributed by atoms with Gasteiger partial charge in [-0.3, -0.25) is 4.39 Å². The fraction of sp³-hybridized carbons (Fsp3) is 1.00. The van der Waals surface area contributed by atoms with Gasteiger partial charge in [-0.15, -0.1) is 0 Å². The van der Waals surface area contributed by atoms with Crippen LogP contribution in [0.2, 0.25) is 0 Å². The van der Waals surface area contributed by atoms with Crippen LogP contribution in [0.1, 0.15) is 38.5 Å². The zero-order valence-corrected chi connectivity index (χ0v) is 5.91. The molecule has 0 unspecified atom stereocenters. The Morgan fingerprint density at radius 3 is 2.33 bits per heavy atom. The Hall–Kier alpha value is -0.0700. The minimum Gasteiger partial charge on any atom is -0.251 e. The molecule has 0 aromatic heterocycles. The summed E-state index contributed by atoms with van der Waals surface area (Å²) in [4.78, 5) is 0. The van der Waals surface area contributed by atoms with Crippen LogP contribution in [0, 0.1) is 5.92 Å². The van der Waals surface area contributed by atoms with Crippen LogP contribution in [0.15, 0.2) is 0 Å². The summed E-state index contributed by atoms with van der Waals surface area (Å²) in [5.74, 6) is 0.726. The van der Waals surface area contributed by atoms with Crippen LogP contribution in [0.4, 0.5) is 4.39 Å². The highest BCUT2D eigenvalue weighted by Crippen LogP contribution is 2.25. The molecule has 0 bridgehead atoms. The number of hydrogen-bond acceptors (Lipinski definition) is 0. The third-order valence-electron chi connectivity index (χ3n) is 2.24. The molecule has 0 spiro atoms. The molecule has 1 fully saturated rings. The van der Waals surface area contributed by atoms with Crippen molar-refractivity contribution >= 4 is 0 Å². The Kier molecular flexibility index (Phi) is 3.02. The first-order valence-electron chi connectivity index (χ1n) is 3.99. The Morgan fingerprint density at radius 2 is 1.78 bits per heavy atom. The molecular weight excluding hydrogens is 115 g/mol. The van der Waals surface area contributed by atoms with Gasteiger partial charge in [-0.05, 0) is 12.3 Å². The second-order valence-corrected chi connectivity index (χ2v) is 2.98. The van der Waals surface area contributed by atoms with E-state index in [1.165, 1.54) is 32.1 Å². The smallest absolute Gasteiger partial charge is 0.0897 e. The Bertz CT molecular complexity index is 62.2. The van der Waals surface area contributed by atoms with Crippen molar-refractivity contribution in [2.45, 2.75) is 38.5 Å². The van der Waals surface area contributed by atoms with Gasteiger partial charge in [-0.25, -0.2) is 0 Å². The normalized spacial score (nSPS) is 22.3. The van der Waals surface area contributed by atoms with Gasteiger partial charge in [0.25, 0.3) is 0 Å². The van der Waals surface area contributed by atoms with Gasteiger partial charge >= 0.3 is 0 Å². The molecule has 0 aliphatic heterocycles. The summed E-state index contributed by atoms with van der Waals surface area (Å²) >= 11 is 0. The summed E-state index contributed by atoms with van der Waals surface area (Å²) in [6, 6.07) is 0. The zero-order valence-electron chi connectivity index (χ0n) is 5.91. The predicted octanol–water partition coefficient (Wildman–Crippen LogP) is 2.93. The average Bonchev–Trinajstić information content (AvgIpc) is 1.91. The second kappa shape index (κ2) is 3.86. The van der Waals surface area contributed by atoms with Crippen molar-refractivity contribution in [2.24, 2.45) is 5.92 Å². The monoisotopic (exact) mass is 130 g/mol. The van der Waals surface area contributed by atoms with Gasteiger partial charge in [0.05, 0.1) is 6.67 Å². The molecule has 9 heavy (non-hydrogen) atoms. The molecule has 0 amide bonds. The van der Waals surface area contributed by atoms with Gasteiger partial charge in [-0.1, -0.05) is 32.1 Å². The lowest BCUT2D eigenvalue weighted by Crippen LogP contribution is -2.06. The summed E-state index contributed by atoms with van der Waals surface area (Å²) in [5.41, 5.74) is 0. The Balaban J connectivity index is 2.08. The van der Waals surface area contributed by atoms with Crippen LogP contribution >= 0.6 is 0 Å². The fourth-order valence-corrected chi connectivity index (χ4v) is 1.63. The van der Waals surface area contributed by atoms with E-state index in [-0.39, 0.29) is 6.67 Å². The third kappa shape index (κ3) is 2.33. The molecule has 0 aromatic rings. The van der Waals surface area contributed by atoms with E-state index in [9.17, 15) is 4.39 Å². The third-order valence-corrected chi connectivity index (χ3v) is 2.24. The van der Waals surface area contributed by atoms with Gasteiger partial charge in [0.1, 0.15) is 0 Å². The standard InChI is InChI=1S/C8H15F/c9-7-6-8-4-2-1-3-5-8/h8H,1-7H2. The van der Waals surface area contributed by atoms with Crippen molar-refractivity contribution < 1.29 is 4.39 Å². The van der Waals surface area contributed by atoms with E-state index in [0.29, 0.717) is 0 Å². The van der Waals surface area contributed by atoms with E-state index in [0.717, 1.165) is 12.3 Å². The number of hydrogen-bond donors (Lipinski definition) is 0. The molecular formula is C8H15F. The van der Waals surface area contributed by atoms with Gasteiger partial charge in [0.15, 0.2) is 0 Å². The van der Waals surface area contributed by atoms with Crippen LogP contribution in [-0.2, 0) is 0 Å². The summed E-state index contributed by atoms with van der Waals surface area (Å²) in [6.45, 7) is -0.106. The van der Waals surface area contributed by atoms with E-state index in [1.54, 1.807) is 0 Å². The van der Waals surface area contributed by atoms with Crippen LogP contribution in [-0.4, -0.2) is 6.67 Å². The molecule has 0 radical (unpaired) electrons. The molecule has 0 atom stereocenters. The molecule has 1 saturated carbocycles. The number of rotatable bonds is 2. The predicted molar refractivity (Wildman–Crippen MR) is 37.2 cm³/mol. The molecule has 1 heteroatoms. The van der Waals surface area contributed by atoms with E-state index in [1.807, 2.05) is 0 Å². The molecule has 0 N–H and O–H groups in total. The number of alkyl halides is 1. The molecule has 0 nitrogen and oxygen atoms in total. The first-order chi connectivity index (χ1) is 4.43. The Morgan fingerprint density at radius 1 is 1.11 bits per heavy atom. The summed E-state index contributed by atoms with van der Waals surface area (Å²) < 4.78 is 11.8. The van der Waals surface area contributed by atoms with Crippen molar-refractivity contribution in [2.75, 3.05) is 6.67 Å². The minimum atomic E-state index is -0.106. The minimum absolute atomic E-state index is 0.106. The topological polar surface area (TPSA) is 0 Å². The van der Waals surface area contributed by atoms with Crippen molar-refractivity contribution in [3.63, 3.8) is 0 Å². The maximum Gasteiger partial charge on any atom is 0.0897 e. The lowest BCUT2D eigenvalue weighted by atomic mass is 9.87.